The van der Waals surface area contributed by atoms with Gasteiger partial charge in [0, 0.05) is 19.2 Å². The molecule has 0 spiro atoms. The lowest BCUT2D eigenvalue weighted by Gasteiger charge is -2.30. The van der Waals surface area contributed by atoms with Crippen molar-refractivity contribution in [3.63, 3.8) is 0 Å². The van der Waals surface area contributed by atoms with Crippen molar-refractivity contribution in [1.82, 2.24) is 8.87 Å². The minimum absolute atomic E-state index is 0.0135. The van der Waals surface area contributed by atoms with Crippen molar-refractivity contribution in [2.24, 2.45) is 0 Å². The van der Waals surface area contributed by atoms with E-state index in [1.165, 1.54) is 29.6 Å². The number of aromatic nitrogens is 1. The van der Waals surface area contributed by atoms with Crippen LogP contribution in [0.5, 0.6) is 0 Å². The smallest absolute Gasteiger partial charge is 0.420 e. The van der Waals surface area contributed by atoms with Gasteiger partial charge in [-0.25, -0.2) is 13.2 Å². The maximum Gasteiger partial charge on any atom is 0.420 e. The Morgan fingerprint density at radius 3 is 2.65 bits per heavy atom. The van der Waals surface area contributed by atoms with Crippen LogP contribution in [-0.2, 0) is 26.1 Å². The highest BCUT2D eigenvalue weighted by Crippen LogP contribution is 2.27. The molecule has 1 saturated carbocycles. The average Bonchev–Trinajstić information content (AvgIpc) is 2.96. The van der Waals surface area contributed by atoms with Crippen LogP contribution in [0.1, 0.15) is 32.1 Å². The number of benzene rings is 1. The number of methoxy groups -OCH3 is 1. The number of fused-ring (bicyclic) bond motifs is 1. The summed E-state index contributed by atoms with van der Waals surface area (Å²) in [6, 6.07) is 4.23. The Morgan fingerprint density at radius 1 is 1.31 bits per heavy atom. The minimum atomic E-state index is -3.69. The molecular formula is C17H22N2O6S. The number of esters is 1. The molecule has 26 heavy (non-hydrogen) atoms. The second-order valence-corrected chi connectivity index (χ2v) is 8.47. The van der Waals surface area contributed by atoms with E-state index in [1.807, 2.05) is 0 Å². The molecule has 0 N–H and O–H groups in total. The maximum absolute atomic E-state index is 12.9. The molecular weight excluding hydrogens is 360 g/mol. The molecule has 0 bridgehead atoms. The van der Waals surface area contributed by atoms with Crippen LogP contribution in [0.25, 0.3) is 11.1 Å². The SMILES string of the molecule is COC(=O)Cn1c(=O)oc2cc(S(=O)(=O)N(C)C3CCCCC3)ccc21. The van der Waals surface area contributed by atoms with Gasteiger partial charge in [-0.2, -0.15) is 4.31 Å². The Hall–Kier alpha value is -2.13. The summed E-state index contributed by atoms with van der Waals surface area (Å²) in [7, 11) is -0.876. The molecule has 1 aliphatic carbocycles. The summed E-state index contributed by atoms with van der Waals surface area (Å²) in [4.78, 5) is 23.5. The lowest BCUT2D eigenvalue weighted by Crippen LogP contribution is -2.38. The van der Waals surface area contributed by atoms with E-state index in [4.69, 9.17) is 4.42 Å². The normalized spacial score (nSPS) is 16.3. The van der Waals surface area contributed by atoms with Crippen molar-refractivity contribution in [2.45, 2.75) is 49.6 Å². The number of carbonyl (C=O) groups excluding carboxylic acids is 1. The highest BCUT2D eigenvalue weighted by Gasteiger charge is 2.29. The zero-order valence-corrected chi connectivity index (χ0v) is 15.6. The van der Waals surface area contributed by atoms with Gasteiger partial charge in [0.1, 0.15) is 6.54 Å². The van der Waals surface area contributed by atoms with Crippen LogP contribution in [0.2, 0.25) is 0 Å². The van der Waals surface area contributed by atoms with Crippen molar-refractivity contribution in [3.05, 3.63) is 28.7 Å². The zero-order valence-electron chi connectivity index (χ0n) is 14.8. The van der Waals surface area contributed by atoms with Crippen LogP contribution in [-0.4, -0.2) is 43.5 Å². The van der Waals surface area contributed by atoms with Crippen molar-refractivity contribution >= 4 is 27.1 Å². The third-order valence-corrected chi connectivity index (χ3v) is 6.83. The first-order chi connectivity index (χ1) is 12.3. The fraction of sp³-hybridized carbons (Fsp3) is 0.529. The summed E-state index contributed by atoms with van der Waals surface area (Å²) in [5.41, 5.74) is 0.469. The predicted molar refractivity (Wildman–Crippen MR) is 94.3 cm³/mol. The fourth-order valence-corrected chi connectivity index (χ4v) is 4.79. The first-order valence-electron chi connectivity index (χ1n) is 8.53. The van der Waals surface area contributed by atoms with Gasteiger partial charge >= 0.3 is 11.7 Å². The first kappa shape index (κ1) is 18.7. The molecule has 8 nitrogen and oxygen atoms in total. The minimum Gasteiger partial charge on any atom is -0.468 e. The largest absolute Gasteiger partial charge is 0.468 e. The van der Waals surface area contributed by atoms with Gasteiger partial charge in [-0.1, -0.05) is 19.3 Å². The number of sulfonamides is 1. The van der Waals surface area contributed by atoms with Crippen molar-refractivity contribution in [1.29, 1.82) is 0 Å². The lowest BCUT2D eigenvalue weighted by atomic mass is 9.96. The maximum atomic E-state index is 12.9. The van der Waals surface area contributed by atoms with E-state index >= 15 is 0 Å². The third-order valence-electron chi connectivity index (χ3n) is 4.92. The Balaban J connectivity index is 1.96. The van der Waals surface area contributed by atoms with Gasteiger partial charge in [-0.3, -0.25) is 9.36 Å². The molecule has 2 aromatic rings. The summed E-state index contributed by atoms with van der Waals surface area (Å²) in [5, 5.41) is 0. The van der Waals surface area contributed by atoms with E-state index < -0.39 is 21.7 Å². The van der Waals surface area contributed by atoms with Crippen molar-refractivity contribution < 1.29 is 22.4 Å². The zero-order chi connectivity index (χ0) is 18.9. The highest BCUT2D eigenvalue weighted by molar-refractivity contribution is 7.89. The average molecular weight is 382 g/mol. The quantitative estimate of drug-likeness (QED) is 0.730. The highest BCUT2D eigenvalue weighted by atomic mass is 32.2. The summed E-state index contributed by atoms with van der Waals surface area (Å²) in [6.07, 6.45) is 4.88. The van der Waals surface area contributed by atoms with Gasteiger partial charge < -0.3 is 9.15 Å². The molecule has 0 aliphatic heterocycles. The Bertz CT molecular complexity index is 969. The summed E-state index contributed by atoms with van der Waals surface area (Å²) in [5.74, 6) is -1.33. The monoisotopic (exact) mass is 382 g/mol. The Kier molecular flexibility index (Phi) is 5.19. The molecule has 0 radical (unpaired) electrons. The van der Waals surface area contributed by atoms with E-state index in [1.54, 1.807) is 7.05 Å². The van der Waals surface area contributed by atoms with Crippen LogP contribution >= 0.6 is 0 Å². The topological polar surface area (TPSA) is 98.8 Å². The lowest BCUT2D eigenvalue weighted by molar-refractivity contribution is -0.141. The third kappa shape index (κ3) is 3.41. The Labute approximate surface area is 151 Å². The van der Waals surface area contributed by atoms with Gasteiger partial charge in [-0.05, 0) is 25.0 Å². The number of ether oxygens (including phenoxy) is 1. The van der Waals surface area contributed by atoms with E-state index in [-0.39, 0.29) is 23.1 Å². The van der Waals surface area contributed by atoms with Crippen LogP contribution in [0.4, 0.5) is 0 Å². The van der Waals surface area contributed by atoms with Crippen LogP contribution < -0.4 is 5.76 Å². The summed E-state index contributed by atoms with van der Waals surface area (Å²) >= 11 is 0. The number of hydrogen-bond acceptors (Lipinski definition) is 6. The number of carbonyl (C=O) groups is 1. The summed E-state index contributed by atoms with van der Waals surface area (Å²) < 4.78 is 38.0. The molecule has 0 saturated heterocycles. The molecule has 1 heterocycles. The predicted octanol–water partition coefficient (Wildman–Crippen LogP) is 1.72. The molecule has 0 unspecified atom stereocenters. The number of nitrogens with zero attached hydrogens (tertiary/aromatic N) is 2. The van der Waals surface area contributed by atoms with Gasteiger partial charge in [-0.15, -0.1) is 0 Å². The standard InChI is InChI=1S/C17H22N2O6S/c1-18(12-6-4-3-5-7-12)26(22,23)13-8-9-14-15(10-13)25-17(21)19(14)11-16(20)24-2/h8-10,12H,3-7,11H2,1-2H3. The second-order valence-electron chi connectivity index (χ2n) is 6.47. The number of hydrogen-bond donors (Lipinski definition) is 0. The molecule has 142 valence electrons. The molecule has 1 aliphatic rings. The van der Waals surface area contributed by atoms with Crippen LogP contribution in [0, 0.1) is 0 Å². The van der Waals surface area contributed by atoms with E-state index in [0.29, 0.717) is 5.52 Å². The molecule has 3 rings (SSSR count). The number of rotatable bonds is 5. The second kappa shape index (κ2) is 7.24. The van der Waals surface area contributed by atoms with E-state index in [9.17, 15) is 18.0 Å². The molecule has 0 atom stereocenters. The van der Waals surface area contributed by atoms with Gasteiger partial charge in [0.25, 0.3) is 0 Å². The fourth-order valence-electron chi connectivity index (χ4n) is 3.36. The van der Waals surface area contributed by atoms with Gasteiger partial charge in [0.2, 0.25) is 10.0 Å². The summed E-state index contributed by atoms with van der Waals surface area (Å²) in [6.45, 7) is -0.295. The molecule has 9 heteroatoms. The van der Waals surface area contributed by atoms with Gasteiger partial charge in [0.15, 0.2) is 5.58 Å². The number of oxazole rings is 1. The molecule has 1 fully saturated rings. The Morgan fingerprint density at radius 2 is 2.00 bits per heavy atom. The van der Waals surface area contributed by atoms with Crippen molar-refractivity contribution in [3.8, 4) is 0 Å². The van der Waals surface area contributed by atoms with E-state index in [2.05, 4.69) is 4.74 Å². The van der Waals surface area contributed by atoms with Crippen LogP contribution in [0.15, 0.2) is 32.3 Å². The van der Waals surface area contributed by atoms with Gasteiger partial charge in [0.05, 0.1) is 17.5 Å². The van der Waals surface area contributed by atoms with Crippen molar-refractivity contribution in [2.75, 3.05) is 14.2 Å². The molecule has 1 aromatic carbocycles. The first-order valence-corrected chi connectivity index (χ1v) is 9.97. The molecule has 1 aromatic heterocycles. The van der Waals surface area contributed by atoms with E-state index in [0.717, 1.165) is 36.7 Å². The van der Waals surface area contributed by atoms with Crippen LogP contribution in [0.3, 0.4) is 0 Å². The molecule has 0 amide bonds.